The Balaban J connectivity index is 1.37. The van der Waals surface area contributed by atoms with Crippen LogP contribution in [0.15, 0.2) is 66.7 Å². The van der Waals surface area contributed by atoms with E-state index in [4.69, 9.17) is 21.1 Å². The van der Waals surface area contributed by atoms with Gasteiger partial charge in [-0.05, 0) is 65.9 Å². The van der Waals surface area contributed by atoms with Gasteiger partial charge in [-0.1, -0.05) is 48.0 Å². The van der Waals surface area contributed by atoms with Gasteiger partial charge in [-0.25, -0.2) is 0 Å². The second kappa shape index (κ2) is 11.0. The van der Waals surface area contributed by atoms with Gasteiger partial charge in [-0.3, -0.25) is 9.59 Å². The lowest BCUT2D eigenvalue weighted by molar-refractivity contribution is -0.144. The molecule has 0 saturated heterocycles. The van der Waals surface area contributed by atoms with Crippen LogP contribution in [0.1, 0.15) is 35.6 Å². The lowest BCUT2D eigenvalue weighted by atomic mass is 9.91. The van der Waals surface area contributed by atoms with Crippen molar-refractivity contribution in [2.45, 2.75) is 44.8 Å². The molecule has 188 valence electrons. The summed E-state index contributed by atoms with van der Waals surface area (Å²) in [6, 6.07) is 21.1. The number of nitrogens with zero attached hydrogens (tertiary/aromatic N) is 1. The minimum atomic E-state index is -1.04. The molecule has 1 aliphatic heterocycles. The summed E-state index contributed by atoms with van der Waals surface area (Å²) >= 11 is 6.01. The van der Waals surface area contributed by atoms with Crippen LogP contribution in [-0.4, -0.2) is 41.1 Å². The number of carbonyl (C=O) groups is 2. The number of hydrogen-bond donors (Lipinski definition) is 1. The second-order valence-electron chi connectivity index (χ2n) is 9.47. The number of benzene rings is 3. The van der Waals surface area contributed by atoms with Gasteiger partial charge < -0.3 is 19.5 Å². The molecule has 36 heavy (non-hydrogen) atoms. The highest BCUT2D eigenvalue weighted by atomic mass is 35.5. The zero-order valence-corrected chi connectivity index (χ0v) is 21.3. The Bertz CT molecular complexity index is 1230. The Kier molecular flexibility index (Phi) is 7.85. The van der Waals surface area contributed by atoms with Crippen molar-refractivity contribution in [2.75, 3.05) is 13.7 Å². The summed E-state index contributed by atoms with van der Waals surface area (Å²) < 4.78 is 11.5. The molecule has 7 heteroatoms. The average Bonchev–Trinajstić information content (AvgIpc) is 3.18. The topological polar surface area (TPSA) is 76.1 Å². The minimum Gasteiger partial charge on any atom is -0.497 e. The molecule has 1 amide bonds. The number of carbonyl (C=O) groups excluding carboxylic acids is 1. The zero-order valence-electron chi connectivity index (χ0n) is 20.5. The lowest BCUT2D eigenvalue weighted by Crippen LogP contribution is -2.35. The number of fused-ring (bicyclic) bond motifs is 1. The SMILES string of the molecule is COc1ccc(CN(CC(=O)O)C(=O)CCc2ccc3c(c2)C[C@@](C)(Cc2ccc(Cl)cc2)O3)cc1. The van der Waals surface area contributed by atoms with Crippen LogP contribution in [0.2, 0.25) is 5.02 Å². The third-order valence-electron chi connectivity index (χ3n) is 6.38. The van der Waals surface area contributed by atoms with Crippen molar-refractivity contribution < 1.29 is 24.2 Å². The monoisotopic (exact) mass is 507 g/mol. The Morgan fingerprint density at radius 1 is 1.03 bits per heavy atom. The van der Waals surface area contributed by atoms with Gasteiger partial charge in [-0.2, -0.15) is 0 Å². The molecular formula is C29H30ClNO5. The lowest BCUT2D eigenvalue weighted by Gasteiger charge is -2.24. The molecule has 0 aromatic heterocycles. The van der Waals surface area contributed by atoms with E-state index in [9.17, 15) is 14.7 Å². The van der Waals surface area contributed by atoms with Gasteiger partial charge in [0, 0.05) is 30.8 Å². The number of amides is 1. The molecule has 3 aromatic carbocycles. The van der Waals surface area contributed by atoms with Crippen molar-refractivity contribution in [1.82, 2.24) is 4.90 Å². The van der Waals surface area contributed by atoms with Gasteiger partial charge in [0.25, 0.3) is 0 Å². The number of methoxy groups -OCH3 is 1. The number of rotatable bonds is 10. The molecule has 0 radical (unpaired) electrons. The summed E-state index contributed by atoms with van der Waals surface area (Å²) in [5.74, 6) is 0.345. The summed E-state index contributed by atoms with van der Waals surface area (Å²) in [4.78, 5) is 25.7. The van der Waals surface area contributed by atoms with E-state index < -0.39 is 5.97 Å². The van der Waals surface area contributed by atoms with Gasteiger partial charge in [0.2, 0.25) is 5.91 Å². The van der Waals surface area contributed by atoms with Crippen molar-refractivity contribution in [3.05, 3.63) is 94.0 Å². The van der Waals surface area contributed by atoms with Crippen LogP contribution < -0.4 is 9.47 Å². The van der Waals surface area contributed by atoms with Gasteiger partial charge in [0.15, 0.2) is 0 Å². The van der Waals surface area contributed by atoms with Crippen LogP contribution in [0.5, 0.6) is 11.5 Å². The smallest absolute Gasteiger partial charge is 0.323 e. The Labute approximate surface area is 216 Å². The first-order chi connectivity index (χ1) is 17.2. The number of halogens is 1. The van der Waals surface area contributed by atoms with Crippen LogP contribution in [0.4, 0.5) is 0 Å². The number of hydrogen-bond acceptors (Lipinski definition) is 4. The van der Waals surface area contributed by atoms with Crippen molar-refractivity contribution in [3.63, 3.8) is 0 Å². The Hall–Kier alpha value is -3.51. The molecule has 1 heterocycles. The van der Waals surface area contributed by atoms with Crippen LogP contribution in [0, 0.1) is 0 Å². The molecular weight excluding hydrogens is 478 g/mol. The van der Waals surface area contributed by atoms with E-state index in [1.807, 2.05) is 48.5 Å². The highest BCUT2D eigenvalue weighted by Gasteiger charge is 2.35. The summed E-state index contributed by atoms with van der Waals surface area (Å²) in [5.41, 5.74) is 3.82. The standard InChI is InChI=1S/C29H30ClNO5/c1-29(16-21-3-9-24(30)10-4-21)17-23-15-20(7-13-26(23)36-29)8-14-27(32)31(19-28(33)34)18-22-5-11-25(35-2)12-6-22/h3-7,9-13,15H,8,14,16-19H2,1-2H3,(H,33,34)/t29-/m1/s1. The highest BCUT2D eigenvalue weighted by molar-refractivity contribution is 6.30. The molecule has 0 saturated carbocycles. The summed E-state index contributed by atoms with van der Waals surface area (Å²) in [6.45, 7) is 2.00. The summed E-state index contributed by atoms with van der Waals surface area (Å²) in [7, 11) is 1.58. The number of carboxylic acid groups (broad SMARTS) is 1. The molecule has 1 N–H and O–H groups in total. The second-order valence-corrected chi connectivity index (χ2v) is 9.90. The van der Waals surface area contributed by atoms with E-state index in [2.05, 4.69) is 13.0 Å². The molecule has 1 aliphatic rings. The predicted molar refractivity (Wildman–Crippen MR) is 139 cm³/mol. The van der Waals surface area contributed by atoms with Gasteiger partial charge in [0.1, 0.15) is 23.6 Å². The molecule has 0 aliphatic carbocycles. The fraction of sp³-hybridized carbons (Fsp3) is 0.310. The van der Waals surface area contributed by atoms with Gasteiger partial charge in [-0.15, -0.1) is 0 Å². The van der Waals surface area contributed by atoms with Crippen LogP contribution in [-0.2, 0) is 35.4 Å². The first-order valence-corrected chi connectivity index (χ1v) is 12.3. The molecule has 0 bridgehead atoms. The van der Waals surface area contributed by atoms with Crippen molar-refractivity contribution >= 4 is 23.5 Å². The summed E-state index contributed by atoms with van der Waals surface area (Å²) in [5, 5.41) is 10.0. The van der Waals surface area contributed by atoms with Gasteiger partial charge >= 0.3 is 5.97 Å². The minimum absolute atomic E-state index is 0.197. The molecule has 0 unspecified atom stereocenters. The highest BCUT2D eigenvalue weighted by Crippen LogP contribution is 2.37. The third kappa shape index (κ3) is 6.58. The molecule has 0 fully saturated rings. The molecule has 3 aromatic rings. The fourth-order valence-electron chi connectivity index (χ4n) is 4.62. The number of aryl methyl sites for hydroxylation is 1. The van der Waals surface area contributed by atoms with Crippen LogP contribution in [0.25, 0.3) is 0 Å². The number of ether oxygens (including phenoxy) is 2. The molecule has 0 spiro atoms. The largest absolute Gasteiger partial charge is 0.497 e. The van der Waals surface area contributed by atoms with Crippen LogP contribution in [0.3, 0.4) is 0 Å². The Morgan fingerprint density at radius 3 is 2.36 bits per heavy atom. The fourth-order valence-corrected chi connectivity index (χ4v) is 4.75. The van der Waals surface area contributed by atoms with Gasteiger partial charge in [0.05, 0.1) is 7.11 Å². The van der Waals surface area contributed by atoms with E-state index in [-0.39, 0.29) is 31.0 Å². The average molecular weight is 508 g/mol. The van der Waals surface area contributed by atoms with E-state index in [0.717, 1.165) is 40.8 Å². The third-order valence-corrected chi connectivity index (χ3v) is 6.63. The quantitative estimate of drug-likeness (QED) is 0.401. The zero-order chi connectivity index (χ0) is 25.7. The van der Waals surface area contributed by atoms with E-state index in [1.54, 1.807) is 19.2 Å². The number of carboxylic acids is 1. The normalized spacial score (nSPS) is 16.2. The van der Waals surface area contributed by atoms with E-state index in [1.165, 1.54) is 4.90 Å². The maximum Gasteiger partial charge on any atom is 0.323 e. The first-order valence-electron chi connectivity index (χ1n) is 11.9. The van der Waals surface area contributed by atoms with Crippen molar-refractivity contribution in [3.8, 4) is 11.5 Å². The predicted octanol–water partition coefficient (Wildman–Crippen LogP) is 5.33. The Morgan fingerprint density at radius 2 is 1.69 bits per heavy atom. The number of aliphatic carboxylic acids is 1. The van der Waals surface area contributed by atoms with E-state index in [0.29, 0.717) is 17.2 Å². The molecule has 1 atom stereocenters. The maximum atomic E-state index is 12.9. The molecule has 6 nitrogen and oxygen atoms in total. The van der Waals surface area contributed by atoms with Crippen molar-refractivity contribution in [2.24, 2.45) is 0 Å². The maximum absolute atomic E-state index is 12.9. The van der Waals surface area contributed by atoms with Crippen LogP contribution >= 0.6 is 11.6 Å². The first kappa shape index (κ1) is 25.6. The summed E-state index contributed by atoms with van der Waals surface area (Å²) in [6.07, 6.45) is 2.29. The van der Waals surface area contributed by atoms with E-state index >= 15 is 0 Å². The molecule has 4 rings (SSSR count). The van der Waals surface area contributed by atoms with Crippen molar-refractivity contribution in [1.29, 1.82) is 0 Å².